The SMILES string of the molecule is CCOC(=O)C(F)(F)OCC1CCOC1. The van der Waals surface area contributed by atoms with Gasteiger partial charge in [0.1, 0.15) is 0 Å². The monoisotopic (exact) mass is 224 g/mol. The Labute approximate surface area is 86.5 Å². The van der Waals surface area contributed by atoms with E-state index in [4.69, 9.17) is 4.74 Å². The Balaban J connectivity index is 2.30. The van der Waals surface area contributed by atoms with E-state index in [1.165, 1.54) is 6.92 Å². The van der Waals surface area contributed by atoms with Gasteiger partial charge in [-0.2, -0.15) is 8.78 Å². The van der Waals surface area contributed by atoms with Crippen molar-refractivity contribution in [2.75, 3.05) is 26.4 Å². The molecule has 1 unspecified atom stereocenters. The Kier molecular flexibility index (Phi) is 4.41. The minimum absolute atomic E-state index is 0.0645. The molecule has 0 spiro atoms. The van der Waals surface area contributed by atoms with Gasteiger partial charge in [-0.15, -0.1) is 0 Å². The molecule has 15 heavy (non-hydrogen) atoms. The molecule has 1 heterocycles. The smallest absolute Gasteiger partial charge is 0.456 e. The Hall–Kier alpha value is -0.750. The molecular weight excluding hydrogens is 210 g/mol. The Morgan fingerprint density at radius 3 is 2.87 bits per heavy atom. The van der Waals surface area contributed by atoms with Crippen LogP contribution in [0.4, 0.5) is 8.78 Å². The molecule has 1 atom stereocenters. The van der Waals surface area contributed by atoms with Crippen LogP contribution in [0.5, 0.6) is 0 Å². The number of alkyl halides is 2. The van der Waals surface area contributed by atoms with E-state index in [-0.39, 0.29) is 19.1 Å². The summed E-state index contributed by atoms with van der Waals surface area (Å²) in [7, 11) is 0. The fourth-order valence-corrected chi connectivity index (χ4v) is 1.21. The maximum Gasteiger partial charge on any atom is 0.456 e. The molecule has 1 aliphatic heterocycles. The van der Waals surface area contributed by atoms with Crippen LogP contribution in [-0.2, 0) is 19.0 Å². The van der Waals surface area contributed by atoms with Crippen molar-refractivity contribution in [3.05, 3.63) is 0 Å². The van der Waals surface area contributed by atoms with Crippen LogP contribution < -0.4 is 0 Å². The predicted molar refractivity (Wildman–Crippen MR) is 46.5 cm³/mol. The highest BCUT2D eigenvalue weighted by atomic mass is 19.3. The highest BCUT2D eigenvalue weighted by molar-refractivity contribution is 5.75. The highest BCUT2D eigenvalue weighted by Crippen LogP contribution is 2.21. The van der Waals surface area contributed by atoms with Crippen molar-refractivity contribution in [2.24, 2.45) is 5.92 Å². The first kappa shape index (κ1) is 12.3. The third-order valence-electron chi connectivity index (χ3n) is 2.04. The Morgan fingerprint density at radius 1 is 1.60 bits per heavy atom. The van der Waals surface area contributed by atoms with E-state index < -0.39 is 12.1 Å². The van der Waals surface area contributed by atoms with Crippen molar-refractivity contribution >= 4 is 5.97 Å². The number of ether oxygens (including phenoxy) is 3. The van der Waals surface area contributed by atoms with Gasteiger partial charge in [0.25, 0.3) is 0 Å². The van der Waals surface area contributed by atoms with Crippen LogP contribution in [0.3, 0.4) is 0 Å². The second-order valence-electron chi connectivity index (χ2n) is 3.28. The Morgan fingerprint density at radius 2 is 2.33 bits per heavy atom. The number of carbonyl (C=O) groups excluding carboxylic acids is 1. The molecule has 88 valence electrons. The standard InChI is InChI=1S/C9H14F2O4/c1-2-14-8(12)9(10,11)15-6-7-3-4-13-5-7/h7H,2-6H2,1H3. The summed E-state index contributed by atoms with van der Waals surface area (Å²) in [6.07, 6.45) is -3.17. The van der Waals surface area contributed by atoms with Gasteiger partial charge in [-0.25, -0.2) is 4.79 Å². The van der Waals surface area contributed by atoms with Crippen LogP contribution in [0, 0.1) is 5.92 Å². The van der Waals surface area contributed by atoms with Crippen LogP contribution >= 0.6 is 0 Å². The minimum atomic E-state index is -3.85. The van der Waals surface area contributed by atoms with Crippen molar-refractivity contribution in [3.63, 3.8) is 0 Å². The van der Waals surface area contributed by atoms with Gasteiger partial charge in [0.15, 0.2) is 0 Å². The fraction of sp³-hybridized carbons (Fsp3) is 0.889. The number of esters is 1. The molecule has 0 N–H and O–H groups in total. The van der Waals surface area contributed by atoms with E-state index in [1.54, 1.807) is 0 Å². The normalized spacial score (nSPS) is 21.7. The number of hydrogen-bond donors (Lipinski definition) is 0. The zero-order valence-corrected chi connectivity index (χ0v) is 8.50. The molecule has 1 rings (SSSR count). The van der Waals surface area contributed by atoms with Gasteiger partial charge in [0.2, 0.25) is 0 Å². The van der Waals surface area contributed by atoms with Gasteiger partial charge < -0.3 is 14.2 Å². The molecule has 0 saturated carbocycles. The minimum Gasteiger partial charge on any atom is -0.460 e. The van der Waals surface area contributed by atoms with Crippen LogP contribution in [0.15, 0.2) is 0 Å². The number of carbonyl (C=O) groups is 1. The van der Waals surface area contributed by atoms with Gasteiger partial charge in [-0.05, 0) is 13.3 Å². The summed E-state index contributed by atoms with van der Waals surface area (Å²) in [5.41, 5.74) is 0. The molecule has 0 bridgehead atoms. The van der Waals surface area contributed by atoms with Crippen LogP contribution in [0.1, 0.15) is 13.3 Å². The highest BCUT2D eigenvalue weighted by Gasteiger charge is 2.43. The molecule has 4 nitrogen and oxygen atoms in total. The fourth-order valence-electron chi connectivity index (χ4n) is 1.21. The summed E-state index contributed by atoms with van der Waals surface area (Å²) in [5.74, 6) is -1.70. The first-order chi connectivity index (χ1) is 7.06. The van der Waals surface area contributed by atoms with E-state index >= 15 is 0 Å². The lowest BCUT2D eigenvalue weighted by Gasteiger charge is -2.16. The topological polar surface area (TPSA) is 44.8 Å². The van der Waals surface area contributed by atoms with Crippen molar-refractivity contribution < 1.29 is 27.8 Å². The molecule has 0 amide bonds. The second kappa shape index (κ2) is 5.37. The zero-order valence-electron chi connectivity index (χ0n) is 8.50. The molecule has 0 aromatic carbocycles. The number of halogens is 2. The summed E-state index contributed by atoms with van der Waals surface area (Å²) in [4.78, 5) is 10.7. The van der Waals surface area contributed by atoms with Gasteiger partial charge >= 0.3 is 12.1 Å². The van der Waals surface area contributed by atoms with Gasteiger partial charge in [-0.1, -0.05) is 0 Å². The van der Waals surface area contributed by atoms with Gasteiger partial charge in [-0.3, -0.25) is 0 Å². The molecule has 0 aromatic rings. The molecule has 1 saturated heterocycles. The number of hydrogen-bond acceptors (Lipinski definition) is 4. The lowest BCUT2D eigenvalue weighted by Crippen LogP contribution is -2.35. The third-order valence-corrected chi connectivity index (χ3v) is 2.04. The molecule has 6 heteroatoms. The van der Waals surface area contributed by atoms with E-state index in [1.807, 2.05) is 0 Å². The van der Waals surface area contributed by atoms with Crippen molar-refractivity contribution in [3.8, 4) is 0 Å². The first-order valence-electron chi connectivity index (χ1n) is 4.83. The van der Waals surface area contributed by atoms with Gasteiger partial charge in [0, 0.05) is 12.5 Å². The molecule has 0 aromatic heterocycles. The zero-order chi connectivity index (χ0) is 11.3. The summed E-state index contributed by atoms with van der Waals surface area (Å²) >= 11 is 0. The lowest BCUT2D eigenvalue weighted by molar-refractivity contribution is -0.253. The van der Waals surface area contributed by atoms with E-state index in [0.717, 1.165) is 0 Å². The van der Waals surface area contributed by atoms with Crippen molar-refractivity contribution in [1.29, 1.82) is 0 Å². The lowest BCUT2D eigenvalue weighted by atomic mass is 10.1. The van der Waals surface area contributed by atoms with Crippen molar-refractivity contribution in [1.82, 2.24) is 0 Å². The molecular formula is C9H14F2O4. The maximum absolute atomic E-state index is 12.9. The van der Waals surface area contributed by atoms with Crippen LogP contribution in [-0.4, -0.2) is 38.5 Å². The third kappa shape index (κ3) is 3.71. The Bertz CT molecular complexity index is 214. The second-order valence-corrected chi connectivity index (χ2v) is 3.28. The molecule has 0 aliphatic carbocycles. The first-order valence-corrected chi connectivity index (χ1v) is 4.83. The van der Waals surface area contributed by atoms with E-state index in [0.29, 0.717) is 19.6 Å². The maximum atomic E-state index is 12.9. The van der Waals surface area contributed by atoms with Crippen LogP contribution in [0.2, 0.25) is 0 Å². The summed E-state index contributed by atoms with van der Waals surface area (Å²) in [6, 6.07) is 0. The summed E-state index contributed by atoms with van der Waals surface area (Å²) in [6.45, 7) is 2.13. The van der Waals surface area contributed by atoms with Crippen molar-refractivity contribution in [2.45, 2.75) is 19.5 Å². The van der Waals surface area contributed by atoms with E-state index in [2.05, 4.69) is 9.47 Å². The largest absolute Gasteiger partial charge is 0.460 e. The summed E-state index contributed by atoms with van der Waals surface area (Å²) < 4.78 is 39.2. The van der Waals surface area contributed by atoms with Crippen LogP contribution in [0.25, 0.3) is 0 Å². The quantitative estimate of drug-likeness (QED) is 0.658. The van der Waals surface area contributed by atoms with E-state index in [9.17, 15) is 13.6 Å². The molecule has 0 radical (unpaired) electrons. The average Bonchev–Trinajstić information content (AvgIpc) is 2.68. The summed E-state index contributed by atoms with van der Waals surface area (Å²) in [5, 5.41) is 0. The average molecular weight is 224 g/mol. The molecule has 1 aliphatic rings. The number of rotatable bonds is 5. The predicted octanol–water partition coefficient (Wildman–Crippen LogP) is 1.20. The van der Waals surface area contributed by atoms with Gasteiger partial charge in [0.05, 0.1) is 19.8 Å². The molecule has 1 fully saturated rings.